The van der Waals surface area contributed by atoms with Crippen LogP contribution in [-0.4, -0.2) is 10.9 Å². The summed E-state index contributed by atoms with van der Waals surface area (Å²) in [5.41, 5.74) is 4.06. The van der Waals surface area contributed by atoms with E-state index in [9.17, 15) is 4.79 Å². The van der Waals surface area contributed by atoms with Crippen molar-refractivity contribution in [3.8, 4) is 0 Å². The minimum Gasteiger partial charge on any atom is -0.359 e. The Hall–Kier alpha value is -2.96. The molecule has 29 heavy (non-hydrogen) atoms. The van der Waals surface area contributed by atoms with Gasteiger partial charge in [0, 0.05) is 22.2 Å². The van der Waals surface area contributed by atoms with Crippen LogP contribution in [-0.2, 0) is 0 Å². The van der Waals surface area contributed by atoms with Crippen molar-refractivity contribution in [1.29, 1.82) is 0 Å². The molecule has 6 heteroatoms. The van der Waals surface area contributed by atoms with Gasteiger partial charge in [0.2, 0.25) is 0 Å². The summed E-state index contributed by atoms with van der Waals surface area (Å²) < 4.78 is 0. The first-order valence-corrected chi connectivity index (χ1v) is 11.1. The Labute approximate surface area is 178 Å². The Balaban J connectivity index is 1.73. The normalized spacial score (nSPS) is 11.8. The first-order chi connectivity index (χ1) is 14.1. The molecule has 0 saturated heterocycles. The lowest BCUT2D eigenvalue weighted by molar-refractivity contribution is 0.102. The van der Waals surface area contributed by atoms with Crippen molar-refractivity contribution in [2.75, 3.05) is 10.6 Å². The molecule has 0 spiro atoms. The molecule has 3 heterocycles. The van der Waals surface area contributed by atoms with Crippen LogP contribution in [0.15, 0.2) is 71.6 Å². The molecular weight excluding hydrogens is 398 g/mol. The zero-order valence-corrected chi connectivity index (χ0v) is 17.8. The predicted molar refractivity (Wildman–Crippen MR) is 122 cm³/mol. The van der Waals surface area contributed by atoms with Crippen LogP contribution in [0.4, 0.5) is 10.8 Å². The summed E-state index contributed by atoms with van der Waals surface area (Å²) in [7, 11) is 0. The molecular formula is C23H21N3OS2. The number of nitrogens with one attached hydrogen (secondary N) is 2. The number of amides is 1. The van der Waals surface area contributed by atoms with Gasteiger partial charge in [-0.25, -0.2) is 4.98 Å². The van der Waals surface area contributed by atoms with Gasteiger partial charge in [0.05, 0.1) is 6.04 Å². The highest BCUT2D eigenvalue weighted by Crippen LogP contribution is 2.41. The number of carbonyl (C=O) groups excluding carboxylic acids is 1. The molecule has 0 bridgehead atoms. The van der Waals surface area contributed by atoms with Gasteiger partial charge < -0.3 is 10.6 Å². The molecule has 1 amide bonds. The lowest BCUT2D eigenvalue weighted by Gasteiger charge is -2.21. The fourth-order valence-corrected chi connectivity index (χ4v) is 4.99. The highest BCUT2D eigenvalue weighted by Gasteiger charge is 2.25. The third-order valence-electron chi connectivity index (χ3n) is 4.82. The van der Waals surface area contributed by atoms with Crippen molar-refractivity contribution in [3.05, 3.63) is 98.7 Å². The van der Waals surface area contributed by atoms with Gasteiger partial charge in [0.15, 0.2) is 0 Å². The number of hydrogen-bond donors (Lipinski definition) is 2. The fourth-order valence-electron chi connectivity index (χ4n) is 3.21. The second-order valence-corrected chi connectivity index (χ2v) is 8.70. The van der Waals surface area contributed by atoms with E-state index in [1.807, 2.05) is 48.5 Å². The van der Waals surface area contributed by atoms with E-state index in [0.29, 0.717) is 5.56 Å². The SMILES string of the molecule is Cc1sc(NC(=O)c2ccccc2)c(C(Nc2ccccn2)c2ccsc2)c1C. The highest BCUT2D eigenvalue weighted by molar-refractivity contribution is 7.16. The summed E-state index contributed by atoms with van der Waals surface area (Å²) in [6.07, 6.45) is 1.77. The number of anilines is 2. The minimum absolute atomic E-state index is 0.102. The molecule has 0 fully saturated rings. The average Bonchev–Trinajstić information content (AvgIpc) is 3.37. The number of thiophene rings is 2. The van der Waals surface area contributed by atoms with E-state index >= 15 is 0 Å². The summed E-state index contributed by atoms with van der Waals surface area (Å²) in [5, 5.41) is 11.8. The third kappa shape index (κ3) is 4.23. The smallest absolute Gasteiger partial charge is 0.256 e. The summed E-state index contributed by atoms with van der Waals surface area (Å²) in [5.74, 6) is 0.697. The summed E-state index contributed by atoms with van der Waals surface area (Å²) in [6.45, 7) is 4.20. The van der Waals surface area contributed by atoms with E-state index in [4.69, 9.17) is 0 Å². The van der Waals surface area contributed by atoms with Gasteiger partial charge in [-0.15, -0.1) is 11.3 Å². The standard InChI is InChI=1S/C23H21N3OS2/c1-15-16(2)29-23(26-22(27)17-8-4-3-5-9-17)20(15)21(18-11-13-28-14-18)25-19-10-6-7-12-24-19/h3-14,21H,1-2H3,(H,24,25)(H,26,27). The van der Waals surface area contributed by atoms with Gasteiger partial charge in [0.1, 0.15) is 10.8 Å². The molecule has 0 radical (unpaired) electrons. The van der Waals surface area contributed by atoms with Gasteiger partial charge in [-0.05, 0) is 66.1 Å². The number of pyridine rings is 1. The Morgan fingerprint density at radius 1 is 1.03 bits per heavy atom. The number of nitrogens with zero attached hydrogens (tertiary/aromatic N) is 1. The number of carbonyl (C=O) groups is 1. The molecule has 0 saturated carbocycles. The fraction of sp³-hybridized carbons (Fsp3) is 0.130. The molecule has 3 aromatic heterocycles. The van der Waals surface area contributed by atoms with Crippen LogP contribution in [0.25, 0.3) is 0 Å². The van der Waals surface area contributed by atoms with Crippen molar-refractivity contribution in [2.24, 2.45) is 0 Å². The topological polar surface area (TPSA) is 54.0 Å². The second kappa shape index (κ2) is 8.59. The van der Waals surface area contributed by atoms with Crippen LogP contribution < -0.4 is 10.6 Å². The third-order valence-corrected chi connectivity index (χ3v) is 6.66. The van der Waals surface area contributed by atoms with Crippen LogP contribution in [0.2, 0.25) is 0 Å². The van der Waals surface area contributed by atoms with Gasteiger partial charge in [0.25, 0.3) is 5.91 Å². The monoisotopic (exact) mass is 419 g/mol. The number of aromatic nitrogens is 1. The molecule has 0 aliphatic carbocycles. The van der Waals surface area contributed by atoms with Crippen LogP contribution in [0, 0.1) is 13.8 Å². The van der Waals surface area contributed by atoms with E-state index in [0.717, 1.165) is 21.9 Å². The Bertz CT molecular complexity index is 1090. The van der Waals surface area contributed by atoms with Crippen molar-refractivity contribution in [1.82, 2.24) is 4.98 Å². The predicted octanol–water partition coefficient (Wildman–Crippen LogP) is 6.28. The summed E-state index contributed by atoms with van der Waals surface area (Å²) in [6, 6.07) is 17.1. The van der Waals surface area contributed by atoms with E-state index in [2.05, 4.69) is 46.3 Å². The Morgan fingerprint density at radius 3 is 2.52 bits per heavy atom. The molecule has 0 aliphatic heterocycles. The van der Waals surface area contributed by atoms with Crippen LogP contribution in [0.5, 0.6) is 0 Å². The Morgan fingerprint density at radius 2 is 1.83 bits per heavy atom. The quantitative estimate of drug-likeness (QED) is 0.387. The van der Waals surface area contributed by atoms with E-state index < -0.39 is 0 Å². The highest BCUT2D eigenvalue weighted by atomic mass is 32.1. The van der Waals surface area contributed by atoms with E-state index in [1.165, 1.54) is 10.4 Å². The van der Waals surface area contributed by atoms with Gasteiger partial charge in [-0.2, -0.15) is 11.3 Å². The van der Waals surface area contributed by atoms with Crippen LogP contribution in [0.3, 0.4) is 0 Å². The van der Waals surface area contributed by atoms with Crippen molar-refractivity contribution >= 4 is 39.4 Å². The molecule has 4 nitrogen and oxygen atoms in total. The maximum absolute atomic E-state index is 12.8. The van der Waals surface area contributed by atoms with Crippen LogP contribution >= 0.6 is 22.7 Å². The Kier molecular flexibility index (Phi) is 5.74. The number of aryl methyl sites for hydroxylation is 1. The lowest BCUT2D eigenvalue weighted by Crippen LogP contribution is -2.17. The van der Waals surface area contributed by atoms with Gasteiger partial charge >= 0.3 is 0 Å². The second-order valence-electron chi connectivity index (χ2n) is 6.70. The lowest BCUT2D eigenvalue weighted by atomic mass is 9.98. The zero-order valence-electron chi connectivity index (χ0n) is 16.2. The van der Waals surface area contributed by atoms with Crippen molar-refractivity contribution in [2.45, 2.75) is 19.9 Å². The van der Waals surface area contributed by atoms with Crippen LogP contribution in [0.1, 0.15) is 38.0 Å². The average molecular weight is 420 g/mol. The number of benzene rings is 1. The number of rotatable bonds is 6. The molecule has 1 atom stereocenters. The molecule has 4 aromatic rings. The van der Waals surface area contributed by atoms with Gasteiger partial charge in [-0.3, -0.25) is 4.79 Å². The largest absolute Gasteiger partial charge is 0.359 e. The maximum atomic E-state index is 12.8. The van der Waals surface area contributed by atoms with Crippen molar-refractivity contribution in [3.63, 3.8) is 0 Å². The molecule has 0 aliphatic rings. The summed E-state index contributed by atoms with van der Waals surface area (Å²) >= 11 is 3.27. The maximum Gasteiger partial charge on any atom is 0.256 e. The number of hydrogen-bond acceptors (Lipinski definition) is 5. The zero-order chi connectivity index (χ0) is 20.2. The molecule has 4 rings (SSSR count). The van der Waals surface area contributed by atoms with E-state index in [1.54, 1.807) is 28.9 Å². The molecule has 146 valence electrons. The molecule has 1 aromatic carbocycles. The minimum atomic E-state index is -0.104. The first kappa shape index (κ1) is 19.4. The first-order valence-electron chi connectivity index (χ1n) is 9.29. The van der Waals surface area contributed by atoms with Crippen molar-refractivity contribution < 1.29 is 4.79 Å². The van der Waals surface area contributed by atoms with Gasteiger partial charge in [-0.1, -0.05) is 24.3 Å². The summed E-state index contributed by atoms with van der Waals surface area (Å²) in [4.78, 5) is 18.4. The molecule has 2 N–H and O–H groups in total. The van der Waals surface area contributed by atoms with E-state index in [-0.39, 0.29) is 11.9 Å². The molecule has 1 unspecified atom stereocenters.